The molecule has 2 rings (SSSR count). The Labute approximate surface area is 143 Å². The van der Waals surface area contributed by atoms with Crippen LogP contribution in [0, 0.1) is 0 Å². The summed E-state index contributed by atoms with van der Waals surface area (Å²) < 4.78 is 6.46. The SMILES string of the molecule is CCCOC(=O)[C@@H](NOCn1cnc2c(=O)[nH]c(N)nc21)C(C)(C)O. The van der Waals surface area contributed by atoms with Gasteiger partial charge in [-0.1, -0.05) is 6.92 Å². The molecule has 25 heavy (non-hydrogen) atoms. The largest absolute Gasteiger partial charge is 0.464 e. The van der Waals surface area contributed by atoms with Crippen LogP contribution in [0.25, 0.3) is 11.2 Å². The van der Waals surface area contributed by atoms with E-state index in [1.807, 2.05) is 6.92 Å². The highest BCUT2D eigenvalue weighted by atomic mass is 16.7. The van der Waals surface area contributed by atoms with Gasteiger partial charge in [-0.3, -0.25) is 24.0 Å². The van der Waals surface area contributed by atoms with Crippen molar-refractivity contribution in [2.75, 3.05) is 12.3 Å². The van der Waals surface area contributed by atoms with Crippen molar-refractivity contribution in [3.05, 3.63) is 16.7 Å². The van der Waals surface area contributed by atoms with E-state index in [4.69, 9.17) is 15.3 Å². The van der Waals surface area contributed by atoms with Crippen molar-refractivity contribution in [1.29, 1.82) is 0 Å². The highest BCUT2D eigenvalue weighted by Gasteiger charge is 2.35. The number of nitrogen functional groups attached to an aromatic ring is 1. The molecule has 0 aliphatic heterocycles. The molecule has 0 amide bonds. The molecule has 0 aliphatic rings. The monoisotopic (exact) mass is 354 g/mol. The lowest BCUT2D eigenvalue weighted by Gasteiger charge is -2.27. The molecule has 0 spiro atoms. The van der Waals surface area contributed by atoms with E-state index in [-0.39, 0.29) is 30.4 Å². The van der Waals surface area contributed by atoms with Gasteiger partial charge in [-0.25, -0.2) is 4.98 Å². The Bertz CT molecular complexity index is 793. The van der Waals surface area contributed by atoms with Crippen LogP contribution in [-0.2, 0) is 21.1 Å². The maximum Gasteiger partial charge on any atom is 0.328 e. The molecule has 2 heterocycles. The third-order valence-electron chi connectivity index (χ3n) is 3.29. The average molecular weight is 354 g/mol. The first kappa shape index (κ1) is 18.8. The first-order chi connectivity index (χ1) is 11.7. The fourth-order valence-corrected chi connectivity index (χ4v) is 2.02. The molecule has 0 bridgehead atoms. The van der Waals surface area contributed by atoms with Crippen LogP contribution in [0.15, 0.2) is 11.1 Å². The highest BCUT2D eigenvalue weighted by Crippen LogP contribution is 2.11. The summed E-state index contributed by atoms with van der Waals surface area (Å²) >= 11 is 0. The molecule has 11 heteroatoms. The molecule has 0 unspecified atom stereocenters. The number of carbonyl (C=O) groups excluding carboxylic acids is 1. The number of ether oxygens (including phenoxy) is 1. The van der Waals surface area contributed by atoms with E-state index in [1.54, 1.807) is 0 Å². The minimum atomic E-state index is -1.42. The summed E-state index contributed by atoms with van der Waals surface area (Å²) in [7, 11) is 0. The molecule has 0 fully saturated rings. The number of nitrogens with zero attached hydrogens (tertiary/aromatic N) is 3. The smallest absolute Gasteiger partial charge is 0.328 e. The molecule has 0 aromatic carbocycles. The number of esters is 1. The molecule has 0 radical (unpaired) electrons. The number of carbonyl (C=O) groups is 1. The van der Waals surface area contributed by atoms with Crippen LogP contribution in [0.5, 0.6) is 0 Å². The number of rotatable bonds is 8. The lowest BCUT2D eigenvalue weighted by Crippen LogP contribution is -2.52. The number of imidazole rings is 1. The van der Waals surface area contributed by atoms with Gasteiger partial charge in [0.1, 0.15) is 6.73 Å². The van der Waals surface area contributed by atoms with Crippen LogP contribution < -0.4 is 16.8 Å². The normalized spacial score (nSPS) is 13.1. The third kappa shape index (κ3) is 4.53. The zero-order chi connectivity index (χ0) is 18.6. The van der Waals surface area contributed by atoms with Crippen molar-refractivity contribution in [3.63, 3.8) is 0 Å². The van der Waals surface area contributed by atoms with Crippen molar-refractivity contribution >= 4 is 23.1 Å². The summed E-state index contributed by atoms with van der Waals surface area (Å²) in [5, 5.41) is 10.1. The number of aromatic amines is 1. The molecule has 11 nitrogen and oxygen atoms in total. The van der Waals surface area contributed by atoms with Gasteiger partial charge in [0.05, 0.1) is 18.5 Å². The van der Waals surface area contributed by atoms with Crippen molar-refractivity contribution in [2.24, 2.45) is 0 Å². The second-order valence-corrected chi connectivity index (χ2v) is 5.98. The first-order valence-corrected chi connectivity index (χ1v) is 7.71. The number of H-pyrrole nitrogens is 1. The van der Waals surface area contributed by atoms with E-state index in [1.165, 1.54) is 24.7 Å². The molecule has 0 aliphatic carbocycles. The maximum absolute atomic E-state index is 12.0. The predicted octanol–water partition coefficient (Wildman–Crippen LogP) is -0.727. The fourth-order valence-electron chi connectivity index (χ4n) is 2.02. The van der Waals surface area contributed by atoms with Crippen LogP contribution in [0.1, 0.15) is 27.2 Å². The van der Waals surface area contributed by atoms with E-state index in [0.29, 0.717) is 6.42 Å². The Balaban J connectivity index is 2.07. The van der Waals surface area contributed by atoms with Gasteiger partial charge in [0.2, 0.25) is 5.95 Å². The van der Waals surface area contributed by atoms with E-state index in [2.05, 4.69) is 20.4 Å². The number of nitrogens with two attached hydrogens (primary N) is 1. The number of hydrogen-bond acceptors (Lipinski definition) is 9. The molecule has 138 valence electrons. The van der Waals surface area contributed by atoms with Crippen LogP contribution in [0.4, 0.5) is 5.95 Å². The van der Waals surface area contributed by atoms with Gasteiger partial charge in [-0.2, -0.15) is 10.5 Å². The number of nitrogens with one attached hydrogen (secondary N) is 2. The second kappa shape index (κ2) is 7.59. The fraction of sp³-hybridized carbons (Fsp3) is 0.571. The van der Waals surface area contributed by atoms with Gasteiger partial charge >= 0.3 is 5.97 Å². The third-order valence-corrected chi connectivity index (χ3v) is 3.29. The molecule has 2 aromatic heterocycles. The zero-order valence-corrected chi connectivity index (χ0v) is 14.3. The van der Waals surface area contributed by atoms with Crippen LogP contribution >= 0.6 is 0 Å². The van der Waals surface area contributed by atoms with Crippen LogP contribution in [0.2, 0.25) is 0 Å². The minimum Gasteiger partial charge on any atom is -0.464 e. The molecule has 0 saturated heterocycles. The van der Waals surface area contributed by atoms with E-state index in [9.17, 15) is 14.7 Å². The minimum absolute atomic E-state index is 0.0512. The van der Waals surface area contributed by atoms with Crippen molar-refractivity contribution < 1.29 is 19.5 Å². The predicted molar refractivity (Wildman–Crippen MR) is 88.1 cm³/mol. The van der Waals surface area contributed by atoms with Crippen LogP contribution in [0.3, 0.4) is 0 Å². The number of aromatic nitrogens is 4. The number of fused-ring (bicyclic) bond motifs is 1. The van der Waals surface area contributed by atoms with Gasteiger partial charge in [-0.15, -0.1) is 0 Å². The topological polar surface area (TPSA) is 157 Å². The van der Waals surface area contributed by atoms with E-state index < -0.39 is 23.2 Å². The zero-order valence-electron chi connectivity index (χ0n) is 14.3. The number of anilines is 1. The Hall–Kier alpha value is -2.50. The summed E-state index contributed by atoms with van der Waals surface area (Å²) in [6, 6.07) is -1.10. The Kier molecular flexibility index (Phi) is 5.72. The Morgan fingerprint density at radius 3 is 2.92 bits per heavy atom. The Morgan fingerprint density at radius 1 is 1.56 bits per heavy atom. The second-order valence-electron chi connectivity index (χ2n) is 5.98. The average Bonchev–Trinajstić information content (AvgIpc) is 2.91. The highest BCUT2D eigenvalue weighted by molar-refractivity contribution is 5.77. The summed E-state index contributed by atoms with van der Waals surface area (Å²) in [5.74, 6) is -0.687. The quantitative estimate of drug-likeness (QED) is 0.354. The summed E-state index contributed by atoms with van der Waals surface area (Å²) in [6.07, 6.45) is 2.01. The molecule has 2 aromatic rings. The molecular weight excluding hydrogens is 332 g/mol. The first-order valence-electron chi connectivity index (χ1n) is 7.71. The summed E-state index contributed by atoms with van der Waals surface area (Å²) in [6.45, 7) is 4.89. The van der Waals surface area contributed by atoms with Gasteiger partial charge in [0.15, 0.2) is 17.2 Å². The summed E-state index contributed by atoms with van der Waals surface area (Å²) in [5.41, 5.74) is 6.46. The number of hydrogen-bond donors (Lipinski definition) is 4. The van der Waals surface area contributed by atoms with Crippen molar-refractivity contribution in [3.8, 4) is 0 Å². The lowest BCUT2D eigenvalue weighted by atomic mass is 10.0. The van der Waals surface area contributed by atoms with Crippen molar-refractivity contribution in [2.45, 2.75) is 45.6 Å². The summed E-state index contributed by atoms with van der Waals surface area (Å²) in [4.78, 5) is 39.3. The van der Waals surface area contributed by atoms with Gasteiger partial charge in [-0.05, 0) is 20.3 Å². The number of hydroxylamine groups is 1. The lowest BCUT2D eigenvalue weighted by molar-refractivity contribution is -0.163. The van der Waals surface area contributed by atoms with E-state index in [0.717, 1.165) is 0 Å². The standard InChI is InChI=1S/C14H22N6O5/c1-4-5-24-12(22)9(14(2,3)23)19-25-7-20-6-16-8-10(20)17-13(15)18-11(8)21/h6,9,19,23H,4-5,7H2,1-3H3,(H3,15,17,18,21)/t9-/m1/s1. The number of aliphatic hydroxyl groups is 1. The van der Waals surface area contributed by atoms with Gasteiger partial charge in [0.25, 0.3) is 5.56 Å². The van der Waals surface area contributed by atoms with Gasteiger partial charge < -0.3 is 15.6 Å². The molecule has 0 saturated carbocycles. The Morgan fingerprint density at radius 2 is 2.28 bits per heavy atom. The molecular formula is C14H22N6O5. The van der Waals surface area contributed by atoms with Gasteiger partial charge in [0, 0.05) is 0 Å². The molecule has 5 N–H and O–H groups in total. The van der Waals surface area contributed by atoms with Crippen LogP contribution in [-0.4, -0.2) is 48.8 Å². The van der Waals surface area contributed by atoms with Crippen molar-refractivity contribution in [1.82, 2.24) is 25.0 Å². The maximum atomic E-state index is 12.0. The molecule has 1 atom stereocenters. The van der Waals surface area contributed by atoms with E-state index >= 15 is 0 Å².